The van der Waals surface area contributed by atoms with Gasteiger partial charge in [-0.15, -0.1) is 0 Å². The van der Waals surface area contributed by atoms with Crippen LogP contribution in [0, 0.1) is 11.8 Å². The van der Waals surface area contributed by atoms with Crippen LogP contribution in [0.25, 0.3) is 5.57 Å². The van der Waals surface area contributed by atoms with E-state index < -0.39 is 17.7 Å². The Kier molecular flexibility index (Phi) is 2.98. The minimum atomic E-state index is -0.919. The van der Waals surface area contributed by atoms with Crippen LogP contribution >= 0.6 is 0 Å². The van der Waals surface area contributed by atoms with E-state index in [1.807, 2.05) is 36.4 Å². The summed E-state index contributed by atoms with van der Waals surface area (Å²) >= 11 is 0. The Balaban J connectivity index is 1.74. The van der Waals surface area contributed by atoms with Gasteiger partial charge in [0.25, 0.3) is 0 Å². The van der Waals surface area contributed by atoms with Gasteiger partial charge in [0.2, 0.25) is 11.8 Å². The number of rotatable bonds is 2. The quantitative estimate of drug-likeness (QED) is 0.632. The number of hydrogen-bond acceptors (Lipinski definition) is 3. The number of fused-ring (bicyclic) bond motifs is 1. The van der Waals surface area contributed by atoms with Crippen LogP contribution < -0.4 is 4.90 Å². The third-order valence-corrected chi connectivity index (χ3v) is 4.34. The number of hydrogen-bond donors (Lipinski definition) is 0. The first-order valence-corrected chi connectivity index (χ1v) is 7.43. The summed E-state index contributed by atoms with van der Waals surface area (Å²) in [6, 6.07) is 17.9. The number of anilines is 1. The lowest BCUT2D eigenvalue weighted by molar-refractivity contribution is -0.127. The van der Waals surface area contributed by atoms with Crippen LogP contribution in [0.15, 0.2) is 66.7 Å². The monoisotopic (exact) mass is 303 g/mol. The fourth-order valence-corrected chi connectivity index (χ4v) is 3.25. The highest BCUT2D eigenvalue weighted by Crippen LogP contribution is 2.41. The van der Waals surface area contributed by atoms with E-state index >= 15 is 0 Å². The minimum absolute atomic E-state index is 0.266. The van der Waals surface area contributed by atoms with E-state index in [9.17, 15) is 14.4 Å². The van der Waals surface area contributed by atoms with Crippen molar-refractivity contribution in [1.82, 2.24) is 0 Å². The fraction of sp³-hybridized carbons (Fsp3) is 0.105. The van der Waals surface area contributed by atoms with Crippen molar-refractivity contribution in [3.05, 3.63) is 72.3 Å². The van der Waals surface area contributed by atoms with Gasteiger partial charge in [-0.25, -0.2) is 4.90 Å². The predicted molar refractivity (Wildman–Crippen MR) is 85.3 cm³/mol. The van der Waals surface area contributed by atoms with Gasteiger partial charge in [-0.1, -0.05) is 54.6 Å². The first kappa shape index (κ1) is 13.6. The molecule has 1 aliphatic carbocycles. The van der Waals surface area contributed by atoms with Crippen LogP contribution in [0.1, 0.15) is 5.56 Å². The van der Waals surface area contributed by atoms with Gasteiger partial charge >= 0.3 is 0 Å². The van der Waals surface area contributed by atoms with Gasteiger partial charge < -0.3 is 0 Å². The van der Waals surface area contributed by atoms with Crippen molar-refractivity contribution in [2.24, 2.45) is 11.8 Å². The molecule has 2 aromatic carbocycles. The van der Waals surface area contributed by atoms with Gasteiger partial charge in [0.05, 0.1) is 11.6 Å². The number of Topliss-reactive ketones (excluding diaryl/α,β-unsaturated/α-hetero) is 1. The Morgan fingerprint density at radius 2 is 1.35 bits per heavy atom. The number of imide groups is 1. The topological polar surface area (TPSA) is 54.5 Å². The molecule has 1 aliphatic heterocycles. The van der Waals surface area contributed by atoms with Crippen molar-refractivity contribution >= 4 is 28.9 Å². The van der Waals surface area contributed by atoms with Gasteiger partial charge in [0.1, 0.15) is 5.92 Å². The molecule has 1 heterocycles. The van der Waals surface area contributed by atoms with Crippen molar-refractivity contribution in [3.8, 4) is 0 Å². The van der Waals surface area contributed by atoms with Crippen LogP contribution in [0.3, 0.4) is 0 Å². The summed E-state index contributed by atoms with van der Waals surface area (Å²) in [6.07, 6.45) is 1.64. The van der Waals surface area contributed by atoms with Crippen LogP contribution in [0.2, 0.25) is 0 Å². The summed E-state index contributed by atoms with van der Waals surface area (Å²) in [7, 11) is 0. The van der Waals surface area contributed by atoms with E-state index in [0.29, 0.717) is 11.3 Å². The number of nitrogens with zero attached hydrogens (tertiary/aromatic N) is 1. The zero-order valence-electron chi connectivity index (χ0n) is 12.2. The lowest BCUT2D eigenvalue weighted by Crippen LogP contribution is -2.32. The Labute approximate surface area is 133 Å². The second-order valence-electron chi connectivity index (χ2n) is 5.66. The summed E-state index contributed by atoms with van der Waals surface area (Å²) in [4.78, 5) is 39.0. The van der Waals surface area contributed by atoms with Gasteiger partial charge in [0.15, 0.2) is 5.78 Å². The van der Waals surface area contributed by atoms with Crippen LogP contribution in [-0.2, 0) is 14.4 Å². The van der Waals surface area contributed by atoms with Crippen molar-refractivity contribution in [1.29, 1.82) is 0 Å². The van der Waals surface area contributed by atoms with E-state index in [1.54, 1.807) is 30.3 Å². The number of ketones is 1. The molecular weight excluding hydrogens is 290 g/mol. The summed E-state index contributed by atoms with van der Waals surface area (Å²) in [5, 5.41) is 0. The van der Waals surface area contributed by atoms with Crippen LogP contribution in [0.5, 0.6) is 0 Å². The van der Waals surface area contributed by atoms with E-state index in [0.717, 1.165) is 10.5 Å². The Morgan fingerprint density at radius 3 is 1.96 bits per heavy atom. The molecule has 4 nitrogen and oxygen atoms in total. The summed E-state index contributed by atoms with van der Waals surface area (Å²) < 4.78 is 0. The van der Waals surface area contributed by atoms with Gasteiger partial charge in [-0.05, 0) is 17.7 Å². The largest absolute Gasteiger partial charge is 0.293 e. The van der Waals surface area contributed by atoms with Gasteiger partial charge in [-0.3, -0.25) is 14.4 Å². The molecule has 2 aromatic rings. The summed E-state index contributed by atoms with van der Waals surface area (Å²) in [5.74, 6) is -2.63. The molecule has 2 aliphatic rings. The molecule has 0 saturated carbocycles. The van der Waals surface area contributed by atoms with Crippen molar-refractivity contribution in [3.63, 3.8) is 0 Å². The molecule has 0 N–H and O–H groups in total. The molecule has 2 amide bonds. The highest BCUT2D eigenvalue weighted by atomic mass is 16.2. The number of amides is 2. The average Bonchev–Trinajstić information content (AvgIpc) is 3.05. The maximum absolute atomic E-state index is 12.7. The minimum Gasteiger partial charge on any atom is -0.293 e. The molecule has 1 saturated heterocycles. The Hall–Kier alpha value is -3.01. The van der Waals surface area contributed by atoms with Crippen molar-refractivity contribution in [2.45, 2.75) is 0 Å². The molecule has 2 atom stereocenters. The number of carbonyl (C=O) groups excluding carboxylic acids is 3. The second kappa shape index (κ2) is 5.02. The molecule has 4 heteroatoms. The smallest absolute Gasteiger partial charge is 0.245 e. The fourth-order valence-electron chi connectivity index (χ4n) is 3.25. The highest BCUT2D eigenvalue weighted by Gasteiger charge is 2.54. The predicted octanol–water partition coefficient (Wildman–Crippen LogP) is 2.46. The van der Waals surface area contributed by atoms with E-state index in [1.165, 1.54) is 0 Å². The number of carbonyl (C=O) groups is 3. The Bertz CT molecular complexity index is 839. The zero-order chi connectivity index (χ0) is 16.0. The summed E-state index contributed by atoms with van der Waals surface area (Å²) in [6.45, 7) is 0. The maximum atomic E-state index is 12.7. The molecule has 112 valence electrons. The number of para-hydroxylation sites is 1. The second-order valence-corrected chi connectivity index (χ2v) is 5.66. The maximum Gasteiger partial charge on any atom is 0.245 e. The molecule has 0 unspecified atom stereocenters. The zero-order valence-corrected chi connectivity index (χ0v) is 12.2. The lowest BCUT2D eigenvalue weighted by atomic mass is 9.96. The third-order valence-electron chi connectivity index (χ3n) is 4.34. The molecule has 0 radical (unpaired) electrons. The number of allylic oxidation sites excluding steroid dienone is 1. The van der Waals surface area contributed by atoms with Crippen molar-refractivity contribution in [2.75, 3.05) is 4.90 Å². The van der Waals surface area contributed by atoms with Crippen LogP contribution in [-0.4, -0.2) is 17.6 Å². The molecular formula is C19H13NO3. The molecule has 4 rings (SSSR count). The SMILES string of the molecule is O=C1C(c2ccccc2)=C[C@H]2C(=O)N(c3ccccc3)C(=O)[C@@H]12. The lowest BCUT2D eigenvalue weighted by Gasteiger charge is -2.15. The number of benzene rings is 2. The molecule has 0 bridgehead atoms. The van der Waals surface area contributed by atoms with Crippen molar-refractivity contribution < 1.29 is 14.4 Å². The molecule has 0 aromatic heterocycles. The first-order valence-electron chi connectivity index (χ1n) is 7.43. The van der Waals surface area contributed by atoms with Gasteiger partial charge in [-0.2, -0.15) is 0 Å². The van der Waals surface area contributed by atoms with E-state index in [2.05, 4.69) is 0 Å². The standard InChI is InChI=1S/C19H13NO3/c21-17-14(12-7-3-1-4-8-12)11-15-16(17)19(23)20(18(15)22)13-9-5-2-6-10-13/h1-11,15-16H/t15-,16-/m1/s1. The first-order chi connectivity index (χ1) is 11.2. The summed E-state index contributed by atoms with van der Waals surface area (Å²) in [5.41, 5.74) is 1.73. The van der Waals surface area contributed by atoms with Crippen LogP contribution in [0.4, 0.5) is 5.69 Å². The average molecular weight is 303 g/mol. The molecule has 23 heavy (non-hydrogen) atoms. The van der Waals surface area contributed by atoms with E-state index in [-0.39, 0.29) is 11.7 Å². The van der Waals surface area contributed by atoms with Gasteiger partial charge in [0, 0.05) is 5.57 Å². The van der Waals surface area contributed by atoms with E-state index in [4.69, 9.17) is 0 Å². The highest BCUT2D eigenvalue weighted by molar-refractivity contribution is 6.39. The normalized spacial score (nSPS) is 23.2. The Morgan fingerprint density at radius 1 is 0.739 bits per heavy atom. The third kappa shape index (κ3) is 1.95. The molecule has 1 fully saturated rings. The molecule has 0 spiro atoms.